The van der Waals surface area contributed by atoms with Crippen LogP contribution in [-0.2, 0) is 48.0 Å². The molecule has 2 N–H and O–H groups in total. The van der Waals surface area contributed by atoms with Gasteiger partial charge >= 0.3 is 5.97 Å². The third kappa shape index (κ3) is 10.8. The Balaban J connectivity index is 1.04. The second-order valence-corrected chi connectivity index (χ2v) is 20.6. The number of likely N-dealkylation sites (tertiary alicyclic amines) is 1. The Morgan fingerprint density at radius 2 is 1.88 bits per heavy atom. The van der Waals surface area contributed by atoms with E-state index in [2.05, 4.69) is 98.4 Å². The molecule has 3 amide bonds. The number of esters is 1. The fraction of sp³-hybridized carbons (Fsp3) is 0.549. The van der Waals surface area contributed by atoms with Gasteiger partial charge in [-0.25, -0.2) is 5.43 Å². The molecular formula is C51H66N8O6S. The minimum absolute atomic E-state index is 0.0691. The second kappa shape index (κ2) is 20.8. The fourth-order valence-corrected chi connectivity index (χ4v) is 11.1. The average molecular weight is 919 g/mol. The normalized spacial score (nSPS) is 22.2. The maximum Gasteiger partial charge on any atom is 0.324 e. The predicted octanol–water partition coefficient (Wildman–Crippen LogP) is 5.24. The summed E-state index contributed by atoms with van der Waals surface area (Å²) >= 11 is 1.58. The summed E-state index contributed by atoms with van der Waals surface area (Å²) in [5.41, 5.74) is 9.35. The highest BCUT2D eigenvalue weighted by Crippen LogP contribution is 2.40. The number of morpholine rings is 1. The standard InChI is InChI=1S/C51H66N8O6S/c1-7-58-44-15-14-36-26-40(44)41(47(58)37-11-8-17-52-29-37)28-51(4,5)33-65-50(63)42-12-9-19-59(54-42)49(62)43(27-39-25-38(36)32-66-39)53-48(61)46(34(2)3)55(6)30-35-16-20-57(31-35)45(60)13-10-18-56-21-23-64-24-22-56/h8,11,14-15,17,25-26,29,32,34-35,42-43,46,54H,7,9,12,16,18-24,27-28,30-31,33H2,1-6H3,(H,53,61)/t35?,42-,43-,46-/m0/s1. The van der Waals surface area contributed by atoms with Crippen molar-refractivity contribution in [1.29, 1.82) is 0 Å². The van der Waals surface area contributed by atoms with Crippen LogP contribution in [0.3, 0.4) is 0 Å². The van der Waals surface area contributed by atoms with Gasteiger partial charge in [-0.05, 0) is 110 Å². The number of carbonyl (C=O) groups excluding carboxylic acids is 4. The van der Waals surface area contributed by atoms with Gasteiger partial charge in [0.25, 0.3) is 11.8 Å². The fourth-order valence-electron chi connectivity index (χ4n) is 10.2. The summed E-state index contributed by atoms with van der Waals surface area (Å²) in [7, 11) is 1.95. The number of nitrogens with zero attached hydrogens (tertiary/aromatic N) is 6. The Morgan fingerprint density at radius 1 is 1.06 bits per heavy atom. The summed E-state index contributed by atoms with van der Waals surface area (Å²) in [6.07, 6.45) is 6.60. The van der Waals surface area contributed by atoms with Crippen LogP contribution in [0.2, 0.25) is 0 Å². The molecule has 14 nitrogen and oxygen atoms in total. The number of ether oxygens (including phenoxy) is 2. The number of likely N-dealkylation sites (N-methyl/N-ethyl adjacent to an activating group) is 1. The number of amides is 3. The van der Waals surface area contributed by atoms with Crippen LogP contribution in [0.4, 0.5) is 0 Å². The lowest BCUT2D eigenvalue weighted by molar-refractivity contribution is -0.155. The molecule has 8 rings (SSSR count). The Morgan fingerprint density at radius 3 is 2.64 bits per heavy atom. The van der Waals surface area contributed by atoms with Crippen molar-refractivity contribution in [1.82, 2.24) is 40.0 Å². The van der Waals surface area contributed by atoms with Crippen molar-refractivity contribution in [3.63, 3.8) is 0 Å². The molecule has 7 heterocycles. The molecule has 4 aliphatic heterocycles. The number of hydrazine groups is 1. The monoisotopic (exact) mass is 918 g/mol. The molecule has 0 aliphatic carbocycles. The number of carbonyl (C=O) groups is 4. The zero-order chi connectivity index (χ0) is 46.5. The molecule has 1 aromatic carbocycles. The highest BCUT2D eigenvalue weighted by Gasteiger charge is 2.38. The summed E-state index contributed by atoms with van der Waals surface area (Å²) in [5.74, 6) is 4.92. The number of hydrogen-bond donors (Lipinski definition) is 2. The maximum atomic E-state index is 14.7. The molecule has 0 saturated carbocycles. The Kier molecular flexibility index (Phi) is 14.9. The van der Waals surface area contributed by atoms with Gasteiger partial charge in [0, 0.05) is 91.4 Å². The van der Waals surface area contributed by atoms with E-state index < -0.39 is 29.5 Å². The van der Waals surface area contributed by atoms with Crippen molar-refractivity contribution < 1.29 is 28.7 Å². The second-order valence-electron chi connectivity index (χ2n) is 19.6. The van der Waals surface area contributed by atoms with Crippen LogP contribution < -0.4 is 10.7 Å². The van der Waals surface area contributed by atoms with E-state index >= 15 is 0 Å². The first-order valence-electron chi connectivity index (χ1n) is 23.7. The van der Waals surface area contributed by atoms with E-state index in [-0.39, 0.29) is 42.6 Å². The van der Waals surface area contributed by atoms with Gasteiger partial charge in [-0.1, -0.05) is 39.7 Å². The van der Waals surface area contributed by atoms with Crippen molar-refractivity contribution in [2.45, 2.75) is 91.4 Å². The number of thiophene rings is 1. The molecule has 4 aliphatic rings. The SMILES string of the molecule is CCn1c(-c2cccnc2)c2c3cc(ccc31)-c1csc(c1)C[C@H](NC(=O)[C@H](C(C)C)N(C)CC1CCN(C(=O)C#CCN3CCOCC3)C1)C(=O)N1CCC[C@H](N1)C(=O)OCC(C)(C)C2. The maximum absolute atomic E-state index is 14.7. The van der Waals surface area contributed by atoms with Crippen LogP contribution in [-0.4, -0.2) is 144 Å². The predicted molar refractivity (Wildman–Crippen MR) is 257 cm³/mol. The molecule has 6 bridgehead atoms. The van der Waals surface area contributed by atoms with Gasteiger partial charge in [0.1, 0.15) is 12.1 Å². The van der Waals surface area contributed by atoms with Gasteiger partial charge in [-0.3, -0.25) is 39.0 Å². The molecule has 4 atom stereocenters. The number of cyclic esters (lactones) is 1. The van der Waals surface area contributed by atoms with E-state index in [9.17, 15) is 19.2 Å². The molecule has 352 valence electrons. The highest BCUT2D eigenvalue weighted by molar-refractivity contribution is 7.10. The summed E-state index contributed by atoms with van der Waals surface area (Å²) in [4.78, 5) is 67.6. The number of fused-ring (bicyclic) bond motifs is 6. The molecule has 15 heteroatoms. The van der Waals surface area contributed by atoms with Crippen molar-refractivity contribution in [3.8, 4) is 34.2 Å². The summed E-state index contributed by atoms with van der Waals surface area (Å²) in [5, 5.41) is 7.99. The lowest BCUT2D eigenvalue weighted by atomic mass is 9.84. The number of aromatic nitrogens is 2. The van der Waals surface area contributed by atoms with Gasteiger partial charge in [0.2, 0.25) is 5.91 Å². The number of pyridine rings is 1. The van der Waals surface area contributed by atoms with E-state index in [4.69, 9.17) is 9.47 Å². The molecule has 3 saturated heterocycles. The first kappa shape index (κ1) is 47.4. The molecule has 3 aromatic heterocycles. The van der Waals surface area contributed by atoms with E-state index in [0.717, 1.165) is 64.2 Å². The quantitative estimate of drug-likeness (QED) is 0.169. The zero-order valence-corrected chi connectivity index (χ0v) is 40.3. The Bertz CT molecular complexity index is 2450. The number of hydrogen-bond acceptors (Lipinski definition) is 11. The smallest absolute Gasteiger partial charge is 0.324 e. The number of rotatable bonds is 9. The minimum atomic E-state index is -0.899. The minimum Gasteiger partial charge on any atom is -0.464 e. The molecular weight excluding hydrogens is 853 g/mol. The van der Waals surface area contributed by atoms with Crippen molar-refractivity contribution in [2.24, 2.45) is 17.3 Å². The third-order valence-corrected chi connectivity index (χ3v) is 14.5. The van der Waals surface area contributed by atoms with E-state index in [0.29, 0.717) is 65.2 Å². The molecule has 0 radical (unpaired) electrons. The van der Waals surface area contributed by atoms with Crippen LogP contribution in [0.15, 0.2) is 54.2 Å². The van der Waals surface area contributed by atoms with Gasteiger partial charge in [0.15, 0.2) is 0 Å². The van der Waals surface area contributed by atoms with Crippen LogP contribution in [0.1, 0.15) is 64.3 Å². The average Bonchev–Trinajstić information content (AvgIpc) is 4.06. The van der Waals surface area contributed by atoms with Crippen LogP contribution in [0.25, 0.3) is 33.3 Å². The largest absolute Gasteiger partial charge is 0.464 e. The van der Waals surface area contributed by atoms with Crippen molar-refractivity contribution >= 4 is 45.9 Å². The van der Waals surface area contributed by atoms with Crippen LogP contribution in [0.5, 0.6) is 0 Å². The molecule has 66 heavy (non-hydrogen) atoms. The molecule has 3 fully saturated rings. The van der Waals surface area contributed by atoms with Gasteiger partial charge in [0.05, 0.1) is 38.1 Å². The van der Waals surface area contributed by atoms with E-state index in [1.54, 1.807) is 17.5 Å². The lowest BCUT2D eigenvalue weighted by Gasteiger charge is -2.37. The van der Waals surface area contributed by atoms with Crippen molar-refractivity contribution in [2.75, 3.05) is 72.7 Å². The molecule has 4 aromatic rings. The number of aryl methyl sites for hydroxylation is 1. The lowest BCUT2D eigenvalue weighted by Crippen LogP contribution is -2.62. The molecule has 1 unspecified atom stereocenters. The van der Waals surface area contributed by atoms with Gasteiger partial charge < -0.3 is 24.3 Å². The highest BCUT2D eigenvalue weighted by atomic mass is 32.1. The van der Waals surface area contributed by atoms with Gasteiger partial charge in [-0.15, -0.1) is 11.3 Å². The Hall–Kier alpha value is -5.11. The number of benzene rings is 1. The van der Waals surface area contributed by atoms with Gasteiger partial charge in [-0.2, -0.15) is 0 Å². The summed E-state index contributed by atoms with van der Waals surface area (Å²) < 4.78 is 13.9. The summed E-state index contributed by atoms with van der Waals surface area (Å²) in [6.45, 7) is 17.2. The molecule has 0 spiro atoms. The first-order chi connectivity index (χ1) is 31.8. The van der Waals surface area contributed by atoms with Crippen LogP contribution >= 0.6 is 11.3 Å². The van der Waals surface area contributed by atoms with E-state index in [1.165, 1.54) is 10.6 Å². The van der Waals surface area contributed by atoms with Crippen LogP contribution in [0, 0.1) is 29.1 Å². The Labute approximate surface area is 393 Å². The van der Waals surface area contributed by atoms with Crippen molar-refractivity contribution in [3.05, 3.63) is 64.6 Å². The number of nitrogens with one attached hydrogen (secondary N) is 2. The third-order valence-electron chi connectivity index (χ3n) is 13.5. The zero-order valence-electron chi connectivity index (χ0n) is 39.4. The topological polar surface area (TPSA) is 142 Å². The van der Waals surface area contributed by atoms with E-state index in [1.807, 2.05) is 38.1 Å². The summed E-state index contributed by atoms with van der Waals surface area (Å²) in [6, 6.07) is 10.7. The first-order valence-corrected chi connectivity index (χ1v) is 24.6.